The average Bonchev–Trinajstić information content (AvgIpc) is 2.64. The van der Waals surface area contributed by atoms with Crippen molar-refractivity contribution >= 4 is 27.3 Å². The van der Waals surface area contributed by atoms with Crippen LogP contribution in [0.25, 0.3) is 0 Å². The number of rotatable bonds is 8. The highest BCUT2D eigenvalue weighted by molar-refractivity contribution is 7.92. The number of carbonyl (C=O) groups is 1. The predicted octanol–water partition coefficient (Wildman–Crippen LogP) is 3.31. The number of nitrogens with zero attached hydrogens (tertiary/aromatic N) is 2. The van der Waals surface area contributed by atoms with Crippen LogP contribution in [0.4, 0.5) is 5.69 Å². The normalized spacial score (nSPS) is 12.5. The van der Waals surface area contributed by atoms with Crippen molar-refractivity contribution in [2.75, 3.05) is 17.1 Å². The van der Waals surface area contributed by atoms with Crippen LogP contribution in [0.2, 0.25) is 0 Å². The molecule has 0 aliphatic carbocycles. The van der Waals surface area contributed by atoms with Crippen LogP contribution in [0.5, 0.6) is 0 Å². The minimum Gasteiger partial charge on any atom is -0.271 e. The fourth-order valence-electron chi connectivity index (χ4n) is 2.99. The van der Waals surface area contributed by atoms with Crippen molar-refractivity contribution in [2.24, 2.45) is 5.10 Å². The Balaban J connectivity index is 2.03. The second-order valence-corrected chi connectivity index (χ2v) is 9.32. The maximum Gasteiger partial charge on any atom is 0.260 e. The van der Waals surface area contributed by atoms with E-state index in [9.17, 15) is 13.2 Å². The van der Waals surface area contributed by atoms with Gasteiger partial charge in [-0.1, -0.05) is 62.4 Å². The van der Waals surface area contributed by atoms with Crippen molar-refractivity contribution < 1.29 is 13.2 Å². The molecule has 6 nitrogen and oxygen atoms in total. The third kappa shape index (κ3) is 6.20. The molecule has 0 unspecified atom stereocenters. The Labute approximate surface area is 167 Å². The number of nitrogens with one attached hydrogen (secondary N) is 1. The van der Waals surface area contributed by atoms with E-state index in [1.54, 1.807) is 30.3 Å². The number of hydrogen-bond donors (Lipinski definition) is 1. The van der Waals surface area contributed by atoms with Crippen molar-refractivity contribution in [1.29, 1.82) is 0 Å². The molecule has 1 N–H and O–H groups in total. The van der Waals surface area contributed by atoms with Crippen LogP contribution < -0.4 is 9.73 Å². The Morgan fingerprint density at radius 2 is 1.57 bits per heavy atom. The minimum atomic E-state index is -3.59. The van der Waals surface area contributed by atoms with Gasteiger partial charge in [0.25, 0.3) is 5.91 Å². The minimum absolute atomic E-state index is 0.137. The quantitative estimate of drug-likeness (QED) is 0.544. The van der Waals surface area contributed by atoms with Gasteiger partial charge in [0, 0.05) is 5.71 Å². The molecule has 0 bridgehead atoms. The Morgan fingerprint density at radius 1 is 1.04 bits per heavy atom. The molecule has 2 aromatic carbocycles. The Kier molecular flexibility index (Phi) is 6.96. The Morgan fingerprint density at radius 3 is 2.11 bits per heavy atom. The van der Waals surface area contributed by atoms with E-state index in [4.69, 9.17) is 0 Å². The predicted molar refractivity (Wildman–Crippen MR) is 114 cm³/mol. The van der Waals surface area contributed by atoms with E-state index < -0.39 is 15.9 Å². The molecule has 2 rings (SSSR count). The van der Waals surface area contributed by atoms with Crippen LogP contribution >= 0.6 is 0 Å². The fraction of sp³-hybridized carbons (Fsp3) is 0.333. The zero-order valence-corrected chi connectivity index (χ0v) is 17.5. The van der Waals surface area contributed by atoms with Gasteiger partial charge < -0.3 is 0 Å². The molecule has 1 amide bonds. The number of sulfonamides is 1. The van der Waals surface area contributed by atoms with E-state index >= 15 is 0 Å². The molecule has 0 aromatic heterocycles. The number of carbonyl (C=O) groups excluding carboxylic acids is 1. The molecule has 28 heavy (non-hydrogen) atoms. The molecule has 0 spiro atoms. The fourth-order valence-corrected chi connectivity index (χ4v) is 3.84. The van der Waals surface area contributed by atoms with Gasteiger partial charge in [0.1, 0.15) is 6.54 Å². The highest BCUT2D eigenvalue weighted by atomic mass is 32.2. The van der Waals surface area contributed by atoms with Crippen LogP contribution in [0.1, 0.15) is 32.8 Å². The smallest absolute Gasteiger partial charge is 0.260 e. The third-order valence-corrected chi connectivity index (χ3v) is 5.50. The molecule has 0 fully saturated rings. The SMILES string of the molecule is C/C(CC(C)(C)c1ccccc1)=N/NC(=O)CN(c1ccccc1)S(C)(=O)=O. The highest BCUT2D eigenvalue weighted by Gasteiger charge is 2.22. The molecular formula is C21H27N3O3S. The zero-order chi connectivity index (χ0) is 20.8. The van der Waals surface area contributed by atoms with E-state index in [1.807, 2.05) is 25.1 Å². The zero-order valence-electron chi connectivity index (χ0n) is 16.7. The highest BCUT2D eigenvalue weighted by Crippen LogP contribution is 2.27. The molecule has 0 aliphatic rings. The van der Waals surface area contributed by atoms with Crippen molar-refractivity contribution in [3.63, 3.8) is 0 Å². The first kappa shape index (κ1) is 21.6. The van der Waals surface area contributed by atoms with E-state index in [-0.39, 0.29) is 12.0 Å². The van der Waals surface area contributed by atoms with E-state index in [2.05, 4.69) is 36.5 Å². The van der Waals surface area contributed by atoms with Gasteiger partial charge >= 0.3 is 0 Å². The summed E-state index contributed by atoms with van der Waals surface area (Å²) in [6, 6.07) is 18.6. The van der Waals surface area contributed by atoms with Crippen LogP contribution in [-0.4, -0.2) is 32.8 Å². The van der Waals surface area contributed by atoms with Gasteiger partial charge in [0.15, 0.2) is 0 Å². The summed E-state index contributed by atoms with van der Waals surface area (Å²) in [5, 5.41) is 4.16. The molecule has 0 aliphatic heterocycles. The summed E-state index contributed by atoms with van der Waals surface area (Å²) in [5.41, 5.74) is 4.71. The van der Waals surface area contributed by atoms with Gasteiger partial charge in [-0.3, -0.25) is 9.10 Å². The molecule has 0 radical (unpaired) electrons. The molecule has 150 valence electrons. The number of hydrogen-bond acceptors (Lipinski definition) is 4. The van der Waals surface area contributed by atoms with Gasteiger partial charge in [-0.15, -0.1) is 0 Å². The number of anilines is 1. The van der Waals surface area contributed by atoms with E-state index in [0.29, 0.717) is 12.1 Å². The molecular weight excluding hydrogens is 374 g/mol. The summed E-state index contributed by atoms with van der Waals surface area (Å²) in [6.45, 7) is 5.74. The summed E-state index contributed by atoms with van der Waals surface area (Å²) in [5.74, 6) is -0.494. The molecule has 0 heterocycles. The first-order chi connectivity index (χ1) is 13.1. The second kappa shape index (κ2) is 9.01. The molecule has 0 atom stereocenters. The van der Waals surface area contributed by atoms with Gasteiger partial charge in [-0.25, -0.2) is 13.8 Å². The Bertz CT molecular complexity index is 924. The second-order valence-electron chi connectivity index (χ2n) is 7.41. The monoisotopic (exact) mass is 401 g/mol. The van der Waals surface area contributed by atoms with Crippen LogP contribution in [-0.2, 0) is 20.2 Å². The molecule has 0 saturated heterocycles. The Hall–Kier alpha value is -2.67. The van der Waals surface area contributed by atoms with Crippen LogP contribution in [0.3, 0.4) is 0 Å². The van der Waals surface area contributed by atoms with Crippen molar-refractivity contribution in [1.82, 2.24) is 5.43 Å². The number of hydrazone groups is 1. The summed E-state index contributed by atoms with van der Waals surface area (Å²) in [6.07, 6.45) is 1.73. The summed E-state index contributed by atoms with van der Waals surface area (Å²) in [4.78, 5) is 12.3. The average molecular weight is 402 g/mol. The van der Waals surface area contributed by atoms with Crippen LogP contribution in [0, 0.1) is 0 Å². The standard InChI is InChI=1S/C21H27N3O3S/c1-17(15-21(2,3)18-11-7-5-8-12-18)22-23-20(25)16-24(28(4,26)27)19-13-9-6-10-14-19/h5-14H,15-16H2,1-4H3,(H,23,25)/b22-17-. The van der Waals surface area contributed by atoms with Gasteiger partial charge in [-0.05, 0) is 36.5 Å². The maximum atomic E-state index is 12.3. The lowest BCUT2D eigenvalue weighted by molar-refractivity contribution is -0.119. The van der Waals surface area contributed by atoms with Crippen molar-refractivity contribution in [3.8, 4) is 0 Å². The molecule has 0 saturated carbocycles. The molecule has 7 heteroatoms. The number of amides is 1. The largest absolute Gasteiger partial charge is 0.271 e. The van der Waals surface area contributed by atoms with E-state index in [0.717, 1.165) is 16.3 Å². The van der Waals surface area contributed by atoms with Gasteiger partial charge in [-0.2, -0.15) is 5.10 Å². The summed E-state index contributed by atoms with van der Waals surface area (Å²) >= 11 is 0. The van der Waals surface area contributed by atoms with Crippen molar-refractivity contribution in [3.05, 3.63) is 66.2 Å². The summed E-state index contributed by atoms with van der Waals surface area (Å²) < 4.78 is 25.2. The molecule has 2 aromatic rings. The number of para-hydroxylation sites is 1. The van der Waals surface area contributed by atoms with E-state index in [1.165, 1.54) is 5.56 Å². The topological polar surface area (TPSA) is 78.8 Å². The maximum absolute atomic E-state index is 12.3. The lowest BCUT2D eigenvalue weighted by Gasteiger charge is -2.25. The summed E-state index contributed by atoms with van der Waals surface area (Å²) in [7, 11) is -3.59. The first-order valence-electron chi connectivity index (χ1n) is 9.00. The van der Waals surface area contributed by atoms with Gasteiger partial charge in [0.05, 0.1) is 11.9 Å². The van der Waals surface area contributed by atoms with Gasteiger partial charge in [0.2, 0.25) is 10.0 Å². The lowest BCUT2D eigenvalue weighted by Crippen LogP contribution is -2.39. The first-order valence-corrected chi connectivity index (χ1v) is 10.8. The van der Waals surface area contributed by atoms with Crippen molar-refractivity contribution in [2.45, 2.75) is 32.6 Å². The third-order valence-electron chi connectivity index (χ3n) is 4.36. The lowest BCUT2D eigenvalue weighted by atomic mass is 9.80. The van der Waals surface area contributed by atoms with Crippen LogP contribution in [0.15, 0.2) is 65.8 Å². The number of benzene rings is 2.